The van der Waals surface area contributed by atoms with E-state index in [9.17, 15) is 44.4 Å². The van der Waals surface area contributed by atoms with Gasteiger partial charge in [-0.3, -0.25) is 19.7 Å². The third kappa shape index (κ3) is 14.6. The second-order valence-corrected chi connectivity index (χ2v) is 16.6. The van der Waals surface area contributed by atoms with Crippen LogP contribution in [-0.4, -0.2) is 118 Å². The number of carboxylic acids is 1. The van der Waals surface area contributed by atoms with E-state index in [0.29, 0.717) is 48.9 Å². The van der Waals surface area contributed by atoms with Gasteiger partial charge in [-0.2, -0.15) is 0 Å². The molecular formula is C45H59N6O12+. The number of aliphatic hydroxyl groups is 3. The monoisotopic (exact) mass is 875 g/mol. The molecule has 4 amide bonds. The minimum Gasteiger partial charge on any atom is -0.479 e. The normalized spacial score (nSPS) is 20.5. The summed E-state index contributed by atoms with van der Waals surface area (Å²) < 4.78 is 18.2. The van der Waals surface area contributed by atoms with Crippen molar-refractivity contribution in [3.8, 4) is 5.75 Å². The van der Waals surface area contributed by atoms with E-state index in [2.05, 4.69) is 16.0 Å². The van der Waals surface area contributed by atoms with Crippen LogP contribution in [-0.2, 0) is 30.4 Å². The largest absolute Gasteiger partial charge is 0.479 e. The molecule has 2 aromatic carbocycles. The number of carbonyl (C=O) groups is 5. The van der Waals surface area contributed by atoms with Crippen molar-refractivity contribution in [3.63, 3.8) is 0 Å². The number of rotatable bonds is 17. The van der Waals surface area contributed by atoms with Gasteiger partial charge < -0.3 is 55.9 Å². The number of carboxylic acid groups (broad SMARTS) is 1. The second-order valence-electron chi connectivity index (χ2n) is 16.6. The van der Waals surface area contributed by atoms with Crippen LogP contribution in [0.25, 0.3) is 6.08 Å². The maximum atomic E-state index is 13.2. The molecule has 18 heteroatoms. The number of hydrogen-bond acceptors (Lipinski definition) is 12. The molecule has 2 aliphatic rings. The second kappa shape index (κ2) is 22.4. The molecule has 9 N–H and O–H groups in total. The van der Waals surface area contributed by atoms with Crippen LogP contribution in [0.5, 0.6) is 5.75 Å². The summed E-state index contributed by atoms with van der Waals surface area (Å²) in [5, 5.41) is 48.4. The number of nitrogens with zero attached hydrogens (tertiary/aromatic N) is 2. The lowest BCUT2D eigenvalue weighted by atomic mass is 9.91. The number of nitrogens with one attached hydrogen (secondary N) is 3. The standard InChI is InChI=1S/C45H58N6O12/c1-45(2,3)63-44(60)48-32-11-6-10-31(25-32)41(57)51-22-17-28(18-23-51)8-4-5-20-47-35(52)15-13-29-9-7-21-50(26-29)27-30-12-14-34(33(24-30)49-36(53)16-19-46)61-43-39(56)37(54)38(55)40(62-43)42(58)59/h6-7,9-15,21,24-26,28,37-40,43,54-56H,4-5,8,16-20,22-23,27,46H2,1-3H3,(H3-,47,48,49,52,53,58,59,60)/p+1/b15-13+/t37-,38-,39+,40-,43+/m0/s1. The van der Waals surface area contributed by atoms with Crippen molar-refractivity contribution < 1.29 is 63.2 Å². The number of anilines is 2. The summed E-state index contributed by atoms with van der Waals surface area (Å²) in [5.74, 6) is -1.77. The number of ether oxygens (including phenoxy) is 3. The third-order valence-electron chi connectivity index (χ3n) is 10.4. The van der Waals surface area contributed by atoms with Gasteiger partial charge >= 0.3 is 12.1 Å². The Labute approximate surface area is 366 Å². The van der Waals surface area contributed by atoms with Crippen molar-refractivity contribution in [1.82, 2.24) is 10.2 Å². The lowest BCUT2D eigenvalue weighted by Gasteiger charge is -2.38. The van der Waals surface area contributed by atoms with E-state index < -0.39 is 54.3 Å². The summed E-state index contributed by atoms with van der Waals surface area (Å²) in [6, 6.07) is 15.3. The Morgan fingerprint density at radius 3 is 2.43 bits per heavy atom. The molecule has 0 aliphatic carbocycles. The minimum atomic E-state index is -1.89. The van der Waals surface area contributed by atoms with Crippen molar-refractivity contribution >= 4 is 47.2 Å². The number of amides is 4. The number of benzene rings is 2. The van der Waals surface area contributed by atoms with Crippen LogP contribution in [0.3, 0.4) is 0 Å². The maximum Gasteiger partial charge on any atom is 0.412 e. The average Bonchev–Trinajstić information content (AvgIpc) is 3.23. The molecule has 5 atom stereocenters. The summed E-state index contributed by atoms with van der Waals surface area (Å²) in [7, 11) is 0. The highest BCUT2D eigenvalue weighted by atomic mass is 16.7. The van der Waals surface area contributed by atoms with E-state index in [-0.39, 0.29) is 36.2 Å². The quantitative estimate of drug-likeness (QED) is 0.0552. The van der Waals surface area contributed by atoms with Gasteiger partial charge in [0.15, 0.2) is 25.0 Å². The van der Waals surface area contributed by atoms with Gasteiger partial charge in [0.2, 0.25) is 18.1 Å². The Morgan fingerprint density at radius 1 is 0.952 bits per heavy atom. The molecule has 18 nitrogen and oxygen atoms in total. The number of aliphatic hydroxyl groups excluding tert-OH is 3. The van der Waals surface area contributed by atoms with E-state index in [1.54, 1.807) is 63.2 Å². The fourth-order valence-electron chi connectivity index (χ4n) is 7.20. The van der Waals surface area contributed by atoms with Gasteiger partial charge in [-0.25, -0.2) is 14.2 Å². The molecular weight excluding hydrogens is 817 g/mol. The van der Waals surface area contributed by atoms with Crippen molar-refractivity contribution in [2.75, 3.05) is 36.8 Å². The molecule has 340 valence electrons. The number of pyridine rings is 1. The Bertz CT molecular complexity index is 2100. The Morgan fingerprint density at radius 2 is 1.71 bits per heavy atom. The fourth-order valence-corrected chi connectivity index (χ4v) is 7.20. The Balaban J connectivity index is 1.06. The Kier molecular flexibility index (Phi) is 17.1. The molecule has 0 bridgehead atoms. The van der Waals surface area contributed by atoms with Crippen molar-refractivity contribution in [2.24, 2.45) is 11.7 Å². The van der Waals surface area contributed by atoms with E-state index >= 15 is 0 Å². The van der Waals surface area contributed by atoms with Crippen LogP contribution in [0.15, 0.2) is 73.1 Å². The average molecular weight is 876 g/mol. The number of hydrogen-bond donors (Lipinski definition) is 8. The highest BCUT2D eigenvalue weighted by Gasteiger charge is 2.48. The van der Waals surface area contributed by atoms with Crippen LogP contribution in [0.2, 0.25) is 0 Å². The lowest BCUT2D eigenvalue weighted by Crippen LogP contribution is -2.61. The summed E-state index contributed by atoms with van der Waals surface area (Å²) in [4.78, 5) is 64.0. The van der Waals surface area contributed by atoms with Gasteiger partial charge in [-0.1, -0.05) is 18.9 Å². The zero-order chi connectivity index (χ0) is 45.7. The van der Waals surface area contributed by atoms with Crippen LogP contribution < -0.4 is 31.0 Å². The molecule has 0 saturated carbocycles. The van der Waals surface area contributed by atoms with E-state index in [0.717, 1.165) is 37.7 Å². The molecule has 0 spiro atoms. The smallest absolute Gasteiger partial charge is 0.412 e. The molecule has 3 heterocycles. The van der Waals surface area contributed by atoms with Crippen LogP contribution in [0, 0.1) is 5.92 Å². The van der Waals surface area contributed by atoms with Crippen molar-refractivity contribution in [2.45, 2.75) is 102 Å². The number of likely N-dealkylation sites (tertiary alicyclic amines) is 1. The molecule has 0 radical (unpaired) electrons. The van der Waals surface area contributed by atoms with Crippen molar-refractivity contribution in [3.05, 3.63) is 89.8 Å². The minimum absolute atomic E-state index is 0.00304. The molecule has 63 heavy (non-hydrogen) atoms. The predicted molar refractivity (Wildman–Crippen MR) is 230 cm³/mol. The third-order valence-corrected chi connectivity index (χ3v) is 10.4. The summed E-state index contributed by atoms with van der Waals surface area (Å²) in [5.41, 5.74) is 7.58. The number of aliphatic carboxylic acids is 1. The molecule has 2 saturated heterocycles. The maximum absolute atomic E-state index is 13.2. The number of nitrogens with two attached hydrogens (primary N) is 1. The van der Waals surface area contributed by atoms with Gasteiger partial charge in [0.25, 0.3) is 5.91 Å². The number of carbonyl (C=O) groups excluding carboxylic acids is 4. The fraction of sp³-hybridized carbons (Fsp3) is 0.467. The van der Waals surface area contributed by atoms with Gasteiger partial charge in [-0.05, 0) is 94.5 Å². The van der Waals surface area contributed by atoms with Gasteiger partial charge in [-0.15, -0.1) is 0 Å². The number of piperidine rings is 1. The van der Waals surface area contributed by atoms with E-state index in [1.165, 1.54) is 12.1 Å². The zero-order valence-electron chi connectivity index (χ0n) is 35.8. The molecule has 3 aromatic rings. The topological polar surface area (TPSA) is 263 Å². The van der Waals surface area contributed by atoms with E-state index in [4.69, 9.17) is 19.9 Å². The number of aromatic nitrogens is 1. The first kappa shape index (κ1) is 48.1. The summed E-state index contributed by atoms with van der Waals surface area (Å²) in [6.07, 6.45) is 1.72. The van der Waals surface area contributed by atoms with Crippen LogP contribution in [0.4, 0.5) is 16.2 Å². The van der Waals surface area contributed by atoms with Crippen molar-refractivity contribution in [1.29, 1.82) is 0 Å². The predicted octanol–water partition coefficient (Wildman–Crippen LogP) is 2.78. The SMILES string of the molecule is CC(C)(C)OC(=O)Nc1cccc(C(=O)N2CCC(CCCCNC(=O)/C=C/c3ccc[n+](Cc4ccc(O[C@@H]5O[C@H](C(=O)O)[C@@H](O)[C@H](O)[C@H]5O)c(NC(=O)CCN)c4)c3)CC2)c1. The lowest BCUT2D eigenvalue weighted by molar-refractivity contribution is -0.688. The zero-order valence-corrected chi connectivity index (χ0v) is 35.8. The first-order chi connectivity index (χ1) is 30.0. The van der Waals surface area contributed by atoms with Gasteiger partial charge in [0.1, 0.15) is 29.7 Å². The van der Waals surface area contributed by atoms with E-state index in [1.807, 2.05) is 34.0 Å². The summed E-state index contributed by atoms with van der Waals surface area (Å²) >= 11 is 0. The molecule has 2 aliphatic heterocycles. The highest BCUT2D eigenvalue weighted by molar-refractivity contribution is 5.96. The Hall–Kier alpha value is -5.92. The number of unbranched alkanes of at least 4 members (excludes halogenated alkanes) is 1. The summed E-state index contributed by atoms with van der Waals surface area (Å²) in [6.45, 7) is 7.60. The van der Waals surface area contributed by atoms with Crippen LogP contribution >= 0.6 is 0 Å². The highest BCUT2D eigenvalue weighted by Crippen LogP contribution is 2.31. The first-order valence-electron chi connectivity index (χ1n) is 21.1. The first-order valence-corrected chi connectivity index (χ1v) is 21.1. The van der Waals surface area contributed by atoms with Gasteiger partial charge in [0, 0.05) is 67.1 Å². The molecule has 5 rings (SSSR count). The molecule has 0 unspecified atom stereocenters. The molecule has 2 fully saturated rings. The van der Waals surface area contributed by atoms with Crippen LogP contribution in [0.1, 0.15) is 80.8 Å². The van der Waals surface area contributed by atoms with Gasteiger partial charge in [0.05, 0.1) is 5.69 Å². The molecule has 1 aromatic heterocycles.